The van der Waals surface area contributed by atoms with Crippen molar-refractivity contribution in [2.75, 3.05) is 13.2 Å². The van der Waals surface area contributed by atoms with Gasteiger partial charge in [0.25, 0.3) is 0 Å². The van der Waals surface area contributed by atoms with Crippen LogP contribution in [0.25, 0.3) is 6.08 Å². The molecule has 2 rings (SSSR count). The van der Waals surface area contributed by atoms with E-state index in [2.05, 4.69) is 37.1 Å². The van der Waals surface area contributed by atoms with E-state index in [1.54, 1.807) is 6.20 Å². The molecule has 2 heterocycles. The first kappa shape index (κ1) is 17.0. The van der Waals surface area contributed by atoms with Gasteiger partial charge in [-0.15, -0.1) is 0 Å². The van der Waals surface area contributed by atoms with E-state index in [1.807, 2.05) is 24.3 Å². The third-order valence-electron chi connectivity index (χ3n) is 3.44. The molecule has 3 nitrogen and oxygen atoms in total. The molecule has 120 valence electrons. The Morgan fingerprint density at radius 3 is 2.91 bits per heavy atom. The van der Waals surface area contributed by atoms with Crippen LogP contribution in [0.5, 0.6) is 5.75 Å². The van der Waals surface area contributed by atoms with Gasteiger partial charge in [0.15, 0.2) is 0 Å². The molecule has 1 aromatic rings. The van der Waals surface area contributed by atoms with Gasteiger partial charge in [0.2, 0.25) is 0 Å². The minimum absolute atomic E-state index is 0.172. The Morgan fingerprint density at radius 2 is 2.23 bits per heavy atom. The molecule has 0 saturated carbocycles. The van der Waals surface area contributed by atoms with Gasteiger partial charge >= 0.3 is 0 Å². The summed E-state index contributed by atoms with van der Waals surface area (Å²) >= 11 is 6.14. The quantitative estimate of drug-likeness (QED) is 0.641. The zero-order valence-corrected chi connectivity index (χ0v) is 14.4. The van der Waals surface area contributed by atoms with Crippen molar-refractivity contribution in [1.29, 1.82) is 0 Å². The molecule has 0 unspecified atom stereocenters. The average Bonchev–Trinajstić information content (AvgIpc) is 2.96. The Kier molecular flexibility index (Phi) is 6.04. The largest absolute Gasteiger partial charge is 0.490 e. The second kappa shape index (κ2) is 7.80. The van der Waals surface area contributed by atoms with Gasteiger partial charge in [-0.05, 0) is 30.9 Å². The summed E-state index contributed by atoms with van der Waals surface area (Å²) in [5, 5.41) is 3.91. The van der Waals surface area contributed by atoms with Crippen molar-refractivity contribution in [3.63, 3.8) is 0 Å². The molecule has 1 atom stereocenters. The number of halogens is 1. The summed E-state index contributed by atoms with van der Waals surface area (Å²) in [6.07, 6.45) is 12.2. The van der Waals surface area contributed by atoms with Crippen molar-refractivity contribution in [1.82, 2.24) is 10.3 Å². The molecule has 1 N–H and O–H groups in total. The van der Waals surface area contributed by atoms with E-state index >= 15 is 0 Å². The van der Waals surface area contributed by atoms with E-state index in [0.29, 0.717) is 17.8 Å². The molecule has 1 saturated heterocycles. The number of aromatic nitrogens is 1. The Balaban J connectivity index is 1.97. The second-order valence-corrected chi connectivity index (χ2v) is 7.10. The summed E-state index contributed by atoms with van der Waals surface area (Å²) < 4.78 is 5.81. The normalized spacial score (nSPS) is 19.4. The molecule has 0 radical (unpaired) electrons. The van der Waals surface area contributed by atoms with Gasteiger partial charge in [-0.25, -0.2) is 4.98 Å². The van der Waals surface area contributed by atoms with Crippen LogP contribution in [-0.2, 0) is 0 Å². The van der Waals surface area contributed by atoms with Crippen molar-refractivity contribution in [2.45, 2.75) is 39.7 Å². The molecule has 1 aliphatic heterocycles. The van der Waals surface area contributed by atoms with Gasteiger partial charge in [-0.1, -0.05) is 56.7 Å². The lowest BCUT2D eigenvalue weighted by molar-refractivity contribution is 0.276. The highest BCUT2D eigenvalue weighted by molar-refractivity contribution is 6.30. The van der Waals surface area contributed by atoms with Crippen molar-refractivity contribution >= 4 is 17.7 Å². The lowest BCUT2D eigenvalue weighted by atomic mass is 9.96. The number of hydrogen-bond donors (Lipinski definition) is 1. The number of pyridine rings is 1. The minimum Gasteiger partial charge on any atom is -0.490 e. The van der Waals surface area contributed by atoms with Crippen LogP contribution in [0.2, 0.25) is 5.15 Å². The van der Waals surface area contributed by atoms with E-state index in [1.165, 1.54) is 12.8 Å². The highest BCUT2D eigenvalue weighted by Gasteiger charge is 2.14. The van der Waals surface area contributed by atoms with Crippen LogP contribution in [-0.4, -0.2) is 24.2 Å². The standard InChI is InChI=1S/C18H25ClN2O/c1-18(2,3)9-5-4-7-14-11-16(12-21-17(14)19)22-13-15-8-6-10-20-15/h4-5,7,9,11-12,15,20H,6,8,10,13H2,1-3H3/b7-4+,9-5+/t15-/m1/s1. The molecule has 1 fully saturated rings. The molecule has 0 amide bonds. The fourth-order valence-corrected chi connectivity index (χ4v) is 2.41. The zero-order valence-electron chi connectivity index (χ0n) is 13.6. The van der Waals surface area contributed by atoms with Crippen LogP contribution >= 0.6 is 11.6 Å². The number of allylic oxidation sites excluding steroid dienone is 3. The minimum atomic E-state index is 0.172. The number of nitrogens with one attached hydrogen (secondary N) is 1. The third-order valence-corrected chi connectivity index (χ3v) is 3.75. The molecule has 0 aliphatic carbocycles. The molecule has 0 bridgehead atoms. The molecule has 0 spiro atoms. The van der Waals surface area contributed by atoms with Gasteiger partial charge in [-0.3, -0.25) is 0 Å². The van der Waals surface area contributed by atoms with E-state index in [4.69, 9.17) is 16.3 Å². The lowest BCUT2D eigenvalue weighted by Gasteiger charge is -2.12. The van der Waals surface area contributed by atoms with Crippen LogP contribution in [0, 0.1) is 5.41 Å². The highest BCUT2D eigenvalue weighted by atomic mass is 35.5. The van der Waals surface area contributed by atoms with Gasteiger partial charge < -0.3 is 10.1 Å². The fraction of sp³-hybridized carbons (Fsp3) is 0.500. The first-order valence-electron chi connectivity index (χ1n) is 7.82. The summed E-state index contributed by atoms with van der Waals surface area (Å²) in [6, 6.07) is 2.38. The monoisotopic (exact) mass is 320 g/mol. The predicted molar refractivity (Wildman–Crippen MR) is 93.4 cm³/mol. The number of hydrogen-bond acceptors (Lipinski definition) is 3. The third kappa shape index (κ3) is 5.82. The maximum Gasteiger partial charge on any atom is 0.138 e. The van der Waals surface area contributed by atoms with Crippen molar-refractivity contribution in [2.24, 2.45) is 5.41 Å². The average molecular weight is 321 g/mol. The Morgan fingerprint density at radius 1 is 1.41 bits per heavy atom. The smallest absolute Gasteiger partial charge is 0.138 e. The van der Waals surface area contributed by atoms with Gasteiger partial charge in [0.05, 0.1) is 6.20 Å². The van der Waals surface area contributed by atoms with Crippen molar-refractivity contribution in [3.05, 3.63) is 41.2 Å². The van der Waals surface area contributed by atoms with Gasteiger partial charge in [-0.2, -0.15) is 0 Å². The maximum atomic E-state index is 6.14. The van der Waals surface area contributed by atoms with Crippen LogP contribution < -0.4 is 10.1 Å². The first-order chi connectivity index (χ1) is 10.4. The second-order valence-electron chi connectivity index (χ2n) is 6.74. The van der Waals surface area contributed by atoms with E-state index < -0.39 is 0 Å². The van der Waals surface area contributed by atoms with E-state index in [0.717, 1.165) is 17.9 Å². The molecule has 1 aromatic heterocycles. The van der Waals surface area contributed by atoms with Crippen molar-refractivity contribution in [3.8, 4) is 5.75 Å². The zero-order chi connectivity index (χ0) is 16.0. The van der Waals surface area contributed by atoms with E-state index in [9.17, 15) is 0 Å². The highest BCUT2D eigenvalue weighted by Crippen LogP contribution is 2.21. The SMILES string of the molecule is CC(C)(C)/C=C/C=C/c1cc(OC[C@H]2CCCN2)cnc1Cl. The molecule has 4 heteroatoms. The van der Waals surface area contributed by atoms with E-state index in [-0.39, 0.29) is 5.41 Å². The van der Waals surface area contributed by atoms with Gasteiger partial charge in [0.1, 0.15) is 17.5 Å². The lowest BCUT2D eigenvalue weighted by Crippen LogP contribution is -2.28. The number of rotatable bonds is 5. The van der Waals surface area contributed by atoms with Crippen LogP contribution in [0.15, 0.2) is 30.5 Å². The fourth-order valence-electron chi connectivity index (χ4n) is 2.24. The van der Waals surface area contributed by atoms with Crippen LogP contribution in [0.3, 0.4) is 0 Å². The summed E-state index contributed by atoms with van der Waals surface area (Å²) in [7, 11) is 0. The van der Waals surface area contributed by atoms with Crippen molar-refractivity contribution < 1.29 is 4.74 Å². The Bertz CT molecular complexity index is 541. The molecular formula is C18H25ClN2O. The summed E-state index contributed by atoms with van der Waals surface area (Å²) in [6.45, 7) is 8.25. The predicted octanol–water partition coefficient (Wildman–Crippen LogP) is 4.48. The summed E-state index contributed by atoms with van der Waals surface area (Å²) in [4.78, 5) is 4.20. The first-order valence-corrected chi connectivity index (χ1v) is 8.19. The molecule has 1 aliphatic rings. The van der Waals surface area contributed by atoms with Crippen LogP contribution in [0.4, 0.5) is 0 Å². The Labute approximate surface area is 138 Å². The topological polar surface area (TPSA) is 34.1 Å². The summed E-state index contributed by atoms with van der Waals surface area (Å²) in [5.74, 6) is 0.762. The molecule has 22 heavy (non-hydrogen) atoms. The number of ether oxygens (including phenoxy) is 1. The van der Waals surface area contributed by atoms with Crippen LogP contribution in [0.1, 0.15) is 39.2 Å². The Hall–Kier alpha value is -1.32. The maximum absolute atomic E-state index is 6.14. The molecule has 0 aromatic carbocycles. The summed E-state index contributed by atoms with van der Waals surface area (Å²) in [5.41, 5.74) is 1.04. The number of nitrogens with zero attached hydrogens (tertiary/aromatic N) is 1. The molecular weight excluding hydrogens is 296 g/mol. The van der Waals surface area contributed by atoms with Gasteiger partial charge in [0, 0.05) is 11.6 Å².